The fraction of sp³-hybridized carbons (Fsp3) is 0.500. The molecule has 0 saturated carbocycles. The fourth-order valence-corrected chi connectivity index (χ4v) is 1.92. The summed E-state index contributed by atoms with van der Waals surface area (Å²) in [6.45, 7) is 2.24. The highest BCUT2D eigenvalue weighted by atomic mass is 32.1. The van der Waals surface area contributed by atoms with E-state index in [1.807, 2.05) is 6.20 Å². The van der Waals surface area contributed by atoms with Crippen LogP contribution in [0.15, 0.2) is 6.20 Å². The van der Waals surface area contributed by atoms with Gasteiger partial charge >= 0.3 is 0 Å². The van der Waals surface area contributed by atoms with E-state index in [0.717, 1.165) is 18.5 Å². The number of hydrogen-bond acceptors (Lipinski definition) is 3. The Labute approximate surface area is 94.3 Å². The lowest BCUT2D eigenvalue weighted by molar-refractivity contribution is 0.491. The molecule has 1 aromatic rings. The predicted molar refractivity (Wildman–Crippen MR) is 63.6 cm³/mol. The lowest BCUT2D eigenvalue weighted by Gasteiger charge is -2.20. The predicted octanol–water partition coefficient (Wildman–Crippen LogP) is 1.26. The van der Waals surface area contributed by atoms with Crippen LogP contribution in [0.5, 0.6) is 0 Å². The molecule has 0 spiro atoms. The lowest BCUT2D eigenvalue weighted by Crippen LogP contribution is -2.22. The third-order valence-corrected chi connectivity index (χ3v) is 2.74. The van der Waals surface area contributed by atoms with Crippen LogP contribution in [-0.2, 0) is 12.8 Å². The molecule has 80 valence electrons. The first-order valence-corrected chi connectivity index (χ1v) is 5.47. The molecule has 2 rings (SSSR count). The summed E-state index contributed by atoms with van der Waals surface area (Å²) in [6, 6.07) is 0. The normalized spacial score (nSPS) is 19.4. The van der Waals surface area contributed by atoms with E-state index < -0.39 is 0 Å². The van der Waals surface area contributed by atoms with Crippen molar-refractivity contribution < 1.29 is 0 Å². The summed E-state index contributed by atoms with van der Waals surface area (Å²) in [5.41, 5.74) is 7.75. The van der Waals surface area contributed by atoms with Gasteiger partial charge in [-0.3, -0.25) is 0 Å². The van der Waals surface area contributed by atoms with E-state index in [2.05, 4.69) is 22.2 Å². The van der Waals surface area contributed by atoms with Crippen molar-refractivity contribution in [3.63, 3.8) is 0 Å². The first-order chi connectivity index (χ1) is 7.15. The third kappa shape index (κ3) is 2.41. The first-order valence-electron chi connectivity index (χ1n) is 5.06. The molecule has 0 fully saturated rings. The molecule has 3 N–H and O–H groups in total. The summed E-state index contributed by atoms with van der Waals surface area (Å²) < 4.78 is 0. The van der Waals surface area contributed by atoms with Gasteiger partial charge in [-0.1, -0.05) is 6.92 Å². The Hall–Kier alpha value is -1.23. The van der Waals surface area contributed by atoms with E-state index in [1.165, 1.54) is 12.0 Å². The van der Waals surface area contributed by atoms with Gasteiger partial charge in [0, 0.05) is 11.9 Å². The van der Waals surface area contributed by atoms with Crippen molar-refractivity contribution in [1.82, 2.24) is 9.97 Å². The zero-order valence-corrected chi connectivity index (χ0v) is 9.47. The van der Waals surface area contributed by atoms with Crippen molar-refractivity contribution in [2.75, 3.05) is 5.32 Å². The number of nitrogens with one attached hydrogen (secondary N) is 1. The average Bonchev–Trinajstić information content (AvgIpc) is 2.16. The van der Waals surface area contributed by atoms with Crippen molar-refractivity contribution in [3.05, 3.63) is 17.5 Å². The molecule has 0 aromatic carbocycles. The summed E-state index contributed by atoms with van der Waals surface area (Å²) in [5.74, 6) is 1.21. The number of thiocarbonyl (C=S) groups is 1. The van der Waals surface area contributed by atoms with Gasteiger partial charge in [-0.15, -0.1) is 0 Å². The SMILES string of the molecule is CC1CCc2cnc(NC(N)=S)nc2C1. The monoisotopic (exact) mass is 222 g/mol. The van der Waals surface area contributed by atoms with Crippen LogP contribution in [0.3, 0.4) is 0 Å². The minimum absolute atomic E-state index is 0.207. The number of aryl methyl sites for hydroxylation is 1. The van der Waals surface area contributed by atoms with Crippen LogP contribution in [0, 0.1) is 5.92 Å². The molecule has 1 unspecified atom stereocenters. The molecule has 1 heterocycles. The van der Waals surface area contributed by atoms with E-state index in [9.17, 15) is 0 Å². The van der Waals surface area contributed by atoms with Gasteiger partial charge in [-0.25, -0.2) is 9.97 Å². The van der Waals surface area contributed by atoms with Gasteiger partial charge in [0.1, 0.15) is 0 Å². The van der Waals surface area contributed by atoms with Crippen LogP contribution in [0.1, 0.15) is 24.6 Å². The number of nitrogens with zero attached hydrogens (tertiary/aromatic N) is 2. The number of anilines is 1. The number of rotatable bonds is 1. The second-order valence-electron chi connectivity index (χ2n) is 4.00. The van der Waals surface area contributed by atoms with Crippen LogP contribution in [0.2, 0.25) is 0 Å². The van der Waals surface area contributed by atoms with Crippen molar-refractivity contribution in [2.24, 2.45) is 11.7 Å². The summed E-state index contributed by atoms with van der Waals surface area (Å²) in [4.78, 5) is 8.58. The Balaban J connectivity index is 2.24. The zero-order valence-electron chi connectivity index (χ0n) is 8.66. The van der Waals surface area contributed by atoms with Gasteiger partial charge in [0.15, 0.2) is 5.11 Å². The standard InChI is InChI=1S/C10H14N4S/c1-6-2-3-7-5-12-10(14-9(11)15)13-8(7)4-6/h5-6H,2-4H2,1H3,(H3,11,12,13,14,15). The Morgan fingerprint density at radius 3 is 3.20 bits per heavy atom. The first kappa shape index (κ1) is 10.3. The van der Waals surface area contributed by atoms with Gasteiger partial charge in [0.2, 0.25) is 5.95 Å². The molecule has 5 heteroatoms. The molecule has 0 amide bonds. The van der Waals surface area contributed by atoms with Gasteiger partial charge in [-0.2, -0.15) is 0 Å². The summed E-state index contributed by atoms with van der Waals surface area (Å²) in [6.07, 6.45) is 5.18. The average molecular weight is 222 g/mol. The number of nitrogens with two attached hydrogens (primary N) is 1. The summed E-state index contributed by atoms with van der Waals surface area (Å²) >= 11 is 4.74. The van der Waals surface area contributed by atoms with Gasteiger partial charge < -0.3 is 11.1 Å². The topological polar surface area (TPSA) is 63.8 Å². The van der Waals surface area contributed by atoms with Crippen molar-refractivity contribution in [1.29, 1.82) is 0 Å². The quantitative estimate of drug-likeness (QED) is 0.700. The van der Waals surface area contributed by atoms with Crippen LogP contribution < -0.4 is 11.1 Å². The Morgan fingerprint density at radius 2 is 2.47 bits per heavy atom. The van der Waals surface area contributed by atoms with E-state index in [-0.39, 0.29) is 5.11 Å². The minimum atomic E-state index is 0.207. The summed E-state index contributed by atoms with van der Waals surface area (Å²) in [7, 11) is 0. The molecule has 0 radical (unpaired) electrons. The molecule has 1 aromatic heterocycles. The highest BCUT2D eigenvalue weighted by molar-refractivity contribution is 7.80. The highest BCUT2D eigenvalue weighted by Gasteiger charge is 2.17. The van der Waals surface area contributed by atoms with Crippen LogP contribution >= 0.6 is 12.2 Å². The van der Waals surface area contributed by atoms with Crippen LogP contribution in [-0.4, -0.2) is 15.1 Å². The molecule has 0 aliphatic heterocycles. The van der Waals surface area contributed by atoms with E-state index in [1.54, 1.807) is 0 Å². The lowest BCUT2D eigenvalue weighted by atomic mass is 9.89. The smallest absolute Gasteiger partial charge is 0.229 e. The Bertz CT molecular complexity index is 391. The van der Waals surface area contributed by atoms with Crippen molar-refractivity contribution >= 4 is 23.3 Å². The van der Waals surface area contributed by atoms with Crippen molar-refractivity contribution in [2.45, 2.75) is 26.2 Å². The van der Waals surface area contributed by atoms with Gasteiger partial charge in [0.25, 0.3) is 0 Å². The second kappa shape index (κ2) is 4.10. The molecular weight excluding hydrogens is 208 g/mol. The van der Waals surface area contributed by atoms with Crippen molar-refractivity contribution in [3.8, 4) is 0 Å². The van der Waals surface area contributed by atoms with Gasteiger partial charge in [0.05, 0.1) is 0 Å². The van der Waals surface area contributed by atoms with Gasteiger partial charge in [-0.05, 0) is 43.0 Å². The third-order valence-electron chi connectivity index (χ3n) is 2.64. The second-order valence-corrected chi connectivity index (χ2v) is 4.44. The molecule has 4 nitrogen and oxygen atoms in total. The fourth-order valence-electron chi connectivity index (χ4n) is 1.83. The molecular formula is C10H14N4S. The van der Waals surface area contributed by atoms with E-state index in [0.29, 0.717) is 11.9 Å². The number of hydrogen-bond donors (Lipinski definition) is 2. The Morgan fingerprint density at radius 1 is 1.67 bits per heavy atom. The van der Waals surface area contributed by atoms with E-state index in [4.69, 9.17) is 18.0 Å². The zero-order chi connectivity index (χ0) is 10.8. The molecule has 1 aliphatic carbocycles. The summed E-state index contributed by atoms with van der Waals surface area (Å²) in [5, 5.41) is 2.96. The maximum absolute atomic E-state index is 5.37. The minimum Gasteiger partial charge on any atom is -0.376 e. The highest BCUT2D eigenvalue weighted by Crippen LogP contribution is 2.23. The molecule has 15 heavy (non-hydrogen) atoms. The maximum Gasteiger partial charge on any atom is 0.229 e. The molecule has 0 saturated heterocycles. The molecule has 0 bridgehead atoms. The van der Waals surface area contributed by atoms with Crippen LogP contribution in [0.4, 0.5) is 5.95 Å². The Kier molecular flexibility index (Phi) is 2.81. The number of aromatic nitrogens is 2. The largest absolute Gasteiger partial charge is 0.376 e. The molecule has 1 atom stereocenters. The van der Waals surface area contributed by atoms with Crippen LogP contribution in [0.25, 0.3) is 0 Å². The molecule has 1 aliphatic rings. The van der Waals surface area contributed by atoms with E-state index >= 15 is 0 Å². The number of fused-ring (bicyclic) bond motifs is 1. The maximum atomic E-state index is 5.37.